The molecule has 0 unspecified atom stereocenters. The van der Waals surface area contributed by atoms with Crippen molar-refractivity contribution in [2.24, 2.45) is 0 Å². The van der Waals surface area contributed by atoms with Gasteiger partial charge in [-0.1, -0.05) is 12.1 Å². The third-order valence-corrected chi connectivity index (χ3v) is 1.57. The smallest absolute Gasteiger partial charge is 0.303 e. The molecule has 4 heteroatoms. The molecule has 0 bridgehead atoms. The number of anilines is 1. The highest BCUT2D eigenvalue weighted by molar-refractivity contribution is 5.92. The highest BCUT2D eigenvalue weighted by atomic mass is 16.4. The molecule has 0 saturated carbocycles. The van der Waals surface area contributed by atoms with Crippen molar-refractivity contribution in [1.82, 2.24) is 0 Å². The van der Waals surface area contributed by atoms with Crippen molar-refractivity contribution in [2.45, 2.75) is 12.8 Å². The Morgan fingerprint density at radius 3 is 2.50 bits per heavy atom. The minimum absolute atomic E-state index is 0.00601. The predicted octanol–water partition coefficient (Wildman–Crippen LogP) is 1.29. The van der Waals surface area contributed by atoms with E-state index in [1.807, 2.05) is 0 Å². The Labute approximate surface area is 81.6 Å². The van der Waals surface area contributed by atoms with Crippen LogP contribution in [0.1, 0.15) is 12.8 Å². The van der Waals surface area contributed by atoms with E-state index in [0.29, 0.717) is 5.69 Å². The number of carbonyl (C=O) groups is 2. The van der Waals surface area contributed by atoms with Crippen LogP contribution >= 0.6 is 0 Å². The van der Waals surface area contributed by atoms with Crippen LogP contribution in [0.2, 0.25) is 0 Å². The topological polar surface area (TPSA) is 66.4 Å². The van der Waals surface area contributed by atoms with Gasteiger partial charge in [0.15, 0.2) is 0 Å². The van der Waals surface area contributed by atoms with Crippen LogP contribution in [0.3, 0.4) is 0 Å². The maximum atomic E-state index is 11.1. The lowest BCUT2D eigenvalue weighted by Gasteiger charge is -2.02. The van der Waals surface area contributed by atoms with Crippen molar-refractivity contribution in [3.05, 3.63) is 30.3 Å². The summed E-state index contributed by atoms with van der Waals surface area (Å²) in [5.74, 6) is -1.26. The Kier molecular flexibility index (Phi) is 3.67. The van der Waals surface area contributed by atoms with Gasteiger partial charge in [0.1, 0.15) is 0 Å². The van der Waals surface area contributed by atoms with E-state index >= 15 is 0 Å². The molecule has 1 aromatic carbocycles. The lowest BCUT2D eigenvalue weighted by molar-refractivity contribution is -0.138. The van der Waals surface area contributed by atoms with E-state index < -0.39 is 5.97 Å². The number of benzene rings is 1. The van der Waals surface area contributed by atoms with Gasteiger partial charge in [-0.15, -0.1) is 0 Å². The molecule has 0 fully saturated rings. The van der Waals surface area contributed by atoms with E-state index in [9.17, 15) is 9.59 Å². The Morgan fingerprint density at radius 2 is 1.93 bits per heavy atom. The fourth-order valence-corrected chi connectivity index (χ4v) is 0.914. The van der Waals surface area contributed by atoms with E-state index in [4.69, 9.17) is 5.11 Å². The summed E-state index contributed by atoms with van der Waals surface area (Å²) in [6.45, 7) is 0. The molecule has 0 heterocycles. The Bertz CT molecular complexity index is 321. The van der Waals surface area contributed by atoms with Crippen LogP contribution in [0.4, 0.5) is 5.69 Å². The van der Waals surface area contributed by atoms with Gasteiger partial charge in [-0.05, 0) is 18.2 Å². The highest BCUT2D eigenvalue weighted by Gasteiger charge is 2.04. The number of carboxylic acid groups (broad SMARTS) is 1. The third kappa shape index (κ3) is 3.71. The van der Waals surface area contributed by atoms with E-state index in [1.165, 1.54) is 0 Å². The zero-order valence-electron chi connectivity index (χ0n) is 7.49. The molecule has 0 saturated heterocycles. The molecular formula is C10H10NO3. The first-order chi connectivity index (χ1) is 6.68. The second kappa shape index (κ2) is 5.01. The van der Waals surface area contributed by atoms with Gasteiger partial charge in [0.05, 0.1) is 6.42 Å². The quantitative estimate of drug-likeness (QED) is 0.755. The molecule has 1 aromatic rings. The van der Waals surface area contributed by atoms with Gasteiger partial charge >= 0.3 is 5.97 Å². The number of aliphatic carboxylic acids is 1. The van der Waals surface area contributed by atoms with Gasteiger partial charge in [-0.3, -0.25) is 9.59 Å². The van der Waals surface area contributed by atoms with Crippen molar-refractivity contribution in [3.8, 4) is 0 Å². The van der Waals surface area contributed by atoms with Crippen LogP contribution in [0.15, 0.2) is 24.3 Å². The summed E-state index contributed by atoms with van der Waals surface area (Å²) < 4.78 is 0. The second-order valence-corrected chi connectivity index (χ2v) is 2.73. The van der Waals surface area contributed by atoms with Crippen LogP contribution in [-0.2, 0) is 9.59 Å². The second-order valence-electron chi connectivity index (χ2n) is 2.73. The van der Waals surface area contributed by atoms with E-state index in [0.717, 1.165) is 0 Å². The van der Waals surface area contributed by atoms with Crippen LogP contribution in [0.25, 0.3) is 0 Å². The fourth-order valence-electron chi connectivity index (χ4n) is 0.914. The van der Waals surface area contributed by atoms with E-state index in [2.05, 4.69) is 11.4 Å². The molecule has 0 aliphatic heterocycles. The molecule has 0 spiro atoms. The summed E-state index contributed by atoms with van der Waals surface area (Å²) in [7, 11) is 0. The summed E-state index contributed by atoms with van der Waals surface area (Å²) >= 11 is 0. The average Bonchev–Trinajstić information content (AvgIpc) is 2.16. The molecule has 0 atom stereocenters. The van der Waals surface area contributed by atoms with E-state index in [1.54, 1.807) is 24.3 Å². The monoisotopic (exact) mass is 192 g/mol. The standard InChI is InChI=1S/C10H10NO3/c12-9(6-7-10(13)14)11-8-4-2-1-3-5-8/h2-5H,6-7H2,(H,11,12)(H,13,14). The van der Waals surface area contributed by atoms with Gasteiger partial charge in [-0.25, -0.2) is 0 Å². The minimum Gasteiger partial charge on any atom is -0.481 e. The first kappa shape index (κ1) is 10.2. The molecule has 1 radical (unpaired) electrons. The molecule has 2 N–H and O–H groups in total. The third-order valence-electron chi connectivity index (χ3n) is 1.57. The minimum atomic E-state index is -0.971. The number of hydrogen-bond acceptors (Lipinski definition) is 2. The van der Waals surface area contributed by atoms with Crippen LogP contribution in [0, 0.1) is 6.07 Å². The van der Waals surface area contributed by atoms with Crippen molar-refractivity contribution in [3.63, 3.8) is 0 Å². The summed E-state index contributed by atoms with van der Waals surface area (Å²) in [5.41, 5.74) is 0.652. The number of nitrogens with one attached hydrogen (secondary N) is 1. The van der Waals surface area contributed by atoms with Crippen LogP contribution < -0.4 is 5.32 Å². The summed E-state index contributed by atoms with van der Waals surface area (Å²) in [5, 5.41) is 10.9. The van der Waals surface area contributed by atoms with Crippen molar-refractivity contribution in [1.29, 1.82) is 0 Å². The zero-order valence-corrected chi connectivity index (χ0v) is 7.49. The number of amides is 1. The lowest BCUT2D eigenvalue weighted by Crippen LogP contribution is -2.12. The number of carboxylic acids is 1. The van der Waals surface area contributed by atoms with E-state index in [-0.39, 0.29) is 18.7 Å². The molecular weight excluding hydrogens is 182 g/mol. The zero-order chi connectivity index (χ0) is 10.4. The maximum absolute atomic E-state index is 11.1. The molecule has 0 aliphatic carbocycles. The lowest BCUT2D eigenvalue weighted by atomic mass is 10.2. The molecule has 1 rings (SSSR count). The first-order valence-electron chi connectivity index (χ1n) is 4.16. The maximum Gasteiger partial charge on any atom is 0.303 e. The van der Waals surface area contributed by atoms with Crippen LogP contribution in [0.5, 0.6) is 0 Å². The fraction of sp³-hybridized carbons (Fsp3) is 0.200. The average molecular weight is 192 g/mol. The summed E-state index contributed by atoms with van der Waals surface area (Å²) in [6, 6.07) is 9.54. The van der Waals surface area contributed by atoms with Crippen molar-refractivity contribution >= 4 is 17.6 Å². The summed E-state index contributed by atoms with van der Waals surface area (Å²) in [4.78, 5) is 21.3. The number of rotatable bonds is 4. The molecule has 14 heavy (non-hydrogen) atoms. The molecule has 0 aliphatic rings. The molecule has 1 amide bonds. The van der Waals surface area contributed by atoms with Gasteiger partial charge in [-0.2, -0.15) is 0 Å². The predicted molar refractivity (Wildman–Crippen MR) is 50.8 cm³/mol. The molecule has 73 valence electrons. The van der Waals surface area contributed by atoms with Gasteiger partial charge < -0.3 is 10.4 Å². The Morgan fingerprint density at radius 1 is 1.29 bits per heavy atom. The Hall–Kier alpha value is -1.84. The first-order valence-corrected chi connectivity index (χ1v) is 4.16. The van der Waals surface area contributed by atoms with Crippen molar-refractivity contribution in [2.75, 3.05) is 5.32 Å². The van der Waals surface area contributed by atoms with Gasteiger partial charge in [0.25, 0.3) is 0 Å². The Balaban J connectivity index is 2.38. The SMILES string of the molecule is O=C(O)CCC(=O)Nc1cc[c]cc1. The van der Waals surface area contributed by atoms with Crippen molar-refractivity contribution < 1.29 is 14.7 Å². The van der Waals surface area contributed by atoms with Gasteiger partial charge in [0, 0.05) is 12.1 Å². The largest absolute Gasteiger partial charge is 0.481 e. The molecule has 4 nitrogen and oxygen atoms in total. The molecule has 0 aromatic heterocycles. The number of carbonyl (C=O) groups excluding carboxylic acids is 1. The van der Waals surface area contributed by atoms with Gasteiger partial charge in [0.2, 0.25) is 5.91 Å². The number of hydrogen-bond donors (Lipinski definition) is 2. The highest BCUT2D eigenvalue weighted by Crippen LogP contribution is 2.05. The summed E-state index contributed by atoms with van der Waals surface area (Å²) in [6.07, 6.45) is -0.154. The van der Waals surface area contributed by atoms with Crippen LogP contribution in [-0.4, -0.2) is 17.0 Å². The normalized spacial score (nSPS) is 9.43.